The van der Waals surface area contributed by atoms with Gasteiger partial charge in [-0.2, -0.15) is 4.99 Å². The summed E-state index contributed by atoms with van der Waals surface area (Å²) >= 11 is 0. The van der Waals surface area contributed by atoms with Crippen molar-refractivity contribution in [2.24, 2.45) is 9.98 Å². The number of carbonyl (C=O) groups is 2. The third-order valence-corrected chi connectivity index (χ3v) is 5.14. The van der Waals surface area contributed by atoms with Crippen molar-refractivity contribution in [2.45, 2.75) is 53.1 Å². The molecule has 0 heterocycles. The molecule has 8 nitrogen and oxygen atoms in total. The number of carbonyl (C=O) groups excluding carboxylic acids is 2. The van der Waals surface area contributed by atoms with Gasteiger partial charge in [0.25, 0.3) is 0 Å². The van der Waals surface area contributed by atoms with Crippen LogP contribution in [0.2, 0.25) is 0 Å². The number of benzene rings is 2. The Morgan fingerprint density at radius 2 is 1.50 bits per heavy atom. The van der Waals surface area contributed by atoms with Gasteiger partial charge >= 0.3 is 5.97 Å². The Kier molecular flexibility index (Phi) is 10.2. The first-order chi connectivity index (χ1) is 17.0. The number of anilines is 1. The van der Waals surface area contributed by atoms with E-state index < -0.39 is 5.97 Å². The fourth-order valence-corrected chi connectivity index (χ4v) is 3.64. The standard InChI is InChI=1S/C28H39N5O3/c1-10-24(34)36-23-18-14-17-22(25(23)26(35)21-15-12-11-13-16-21)33(20(4)5)27(29-19(2)3)30-28(31(6)7)32(8)9/h11-20H,10H2,1-9H3. The maximum absolute atomic E-state index is 13.9. The van der Waals surface area contributed by atoms with Gasteiger partial charge in [-0.3, -0.25) is 9.59 Å². The number of rotatable bonds is 7. The maximum atomic E-state index is 13.9. The summed E-state index contributed by atoms with van der Waals surface area (Å²) in [6.07, 6.45) is 0.191. The molecule has 2 rings (SSSR count). The highest BCUT2D eigenvalue weighted by molar-refractivity contribution is 6.17. The lowest BCUT2D eigenvalue weighted by molar-refractivity contribution is -0.134. The Balaban J connectivity index is 2.87. The van der Waals surface area contributed by atoms with E-state index in [1.807, 2.05) is 94.9 Å². The number of guanidine groups is 2. The highest BCUT2D eigenvalue weighted by Gasteiger charge is 2.28. The van der Waals surface area contributed by atoms with Crippen LogP contribution in [0.15, 0.2) is 58.5 Å². The predicted molar refractivity (Wildman–Crippen MR) is 147 cm³/mol. The van der Waals surface area contributed by atoms with Crippen molar-refractivity contribution in [2.75, 3.05) is 33.1 Å². The van der Waals surface area contributed by atoms with Crippen LogP contribution in [0.4, 0.5) is 5.69 Å². The summed E-state index contributed by atoms with van der Waals surface area (Å²) < 4.78 is 5.65. The van der Waals surface area contributed by atoms with Crippen molar-refractivity contribution in [1.82, 2.24) is 9.80 Å². The third kappa shape index (κ3) is 7.16. The van der Waals surface area contributed by atoms with Gasteiger partial charge < -0.3 is 19.4 Å². The van der Waals surface area contributed by atoms with E-state index in [0.29, 0.717) is 28.7 Å². The lowest BCUT2D eigenvalue weighted by Gasteiger charge is -2.32. The molecule has 0 bridgehead atoms. The Morgan fingerprint density at radius 1 is 0.889 bits per heavy atom. The summed E-state index contributed by atoms with van der Waals surface area (Å²) in [6, 6.07) is 14.1. The smallest absolute Gasteiger partial charge is 0.310 e. The number of ether oxygens (including phenoxy) is 1. The average Bonchev–Trinajstić information content (AvgIpc) is 2.81. The quantitative estimate of drug-likeness (QED) is 0.183. The number of hydrogen-bond donors (Lipinski definition) is 0. The van der Waals surface area contributed by atoms with Gasteiger partial charge in [0.2, 0.25) is 11.9 Å². The van der Waals surface area contributed by atoms with Crippen LogP contribution in [-0.4, -0.2) is 73.7 Å². The van der Waals surface area contributed by atoms with Gasteiger partial charge in [0.05, 0.1) is 11.3 Å². The van der Waals surface area contributed by atoms with Gasteiger partial charge in [-0.05, 0) is 39.8 Å². The van der Waals surface area contributed by atoms with Crippen molar-refractivity contribution in [3.63, 3.8) is 0 Å². The van der Waals surface area contributed by atoms with E-state index in [-0.39, 0.29) is 30.0 Å². The molecule has 2 aromatic rings. The van der Waals surface area contributed by atoms with Crippen LogP contribution in [0.1, 0.15) is 57.0 Å². The second kappa shape index (κ2) is 12.9. The molecule has 0 aliphatic carbocycles. The van der Waals surface area contributed by atoms with Crippen molar-refractivity contribution < 1.29 is 14.3 Å². The minimum Gasteiger partial charge on any atom is -0.426 e. The molecular formula is C28H39N5O3. The number of ketones is 1. The summed E-state index contributed by atoms with van der Waals surface area (Å²) in [5, 5.41) is 0. The molecule has 0 N–H and O–H groups in total. The van der Waals surface area contributed by atoms with Crippen molar-refractivity contribution in [3.05, 3.63) is 59.7 Å². The summed E-state index contributed by atoms with van der Waals surface area (Å²) in [4.78, 5) is 41.6. The van der Waals surface area contributed by atoms with Gasteiger partial charge in [-0.15, -0.1) is 0 Å². The summed E-state index contributed by atoms with van der Waals surface area (Å²) in [5.41, 5.74) is 1.36. The molecule has 0 aromatic heterocycles. The van der Waals surface area contributed by atoms with Gasteiger partial charge in [-0.25, -0.2) is 4.99 Å². The van der Waals surface area contributed by atoms with Crippen LogP contribution in [0.25, 0.3) is 0 Å². The Morgan fingerprint density at radius 3 is 2.00 bits per heavy atom. The van der Waals surface area contributed by atoms with E-state index in [1.165, 1.54) is 0 Å². The van der Waals surface area contributed by atoms with Gasteiger partial charge in [0.1, 0.15) is 5.75 Å². The normalized spacial score (nSPS) is 11.4. The van der Waals surface area contributed by atoms with E-state index >= 15 is 0 Å². The topological polar surface area (TPSA) is 77.8 Å². The molecule has 0 aliphatic rings. The highest BCUT2D eigenvalue weighted by Crippen LogP contribution is 2.34. The Hall–Kier alpha value is -3.68. The Labute approximate surface area is 215 Å². The summed E-state index contributed by atoms with van der Waals surface area (Å²) in [7, 11) is 7.67. The van der Waals surface area contributed by atoms with Crippen LogP contribution >= 0.6 is 0 Å². The van der Waals surface area contributed by atoms with Crippen LogP contribution in [0.5, 0.6) is 5.75 Å². The molecular weight excluding hydrogens is 454 g/mol. The van der Waals surface area contributed by atoms with E-state index in [4.69, 9.17) is 14.7 Å². The highest BCUT2D eigenvalue weighted by atomic mass is 16.5. The van der Waals surface area contributed by atoms with Crippen LogP contribution < -0.4 is 9.64 Å². The average molecular weight is 494 g/mol. The molecule has 0 radical (unpaired) electrons. The molecule has 0 spiro atoms. The number of aliphatic imine (C=N–C) groups is 2. The molecule has 36 heavy (non-hydrogen) atoms. The minimum absolute atomic E-state index is 0.0510. The van der Waals surface area contributed by atoms with Gasteiger partial charge in [-0.1, -0.05) is 43.3 Å². The lowest BCUT2D eigenvalue weighted by Crippen LogP contribution is -2.42. The zero-order chi connectivity index (χ0) is 27.0. The van der Waals surface area contributed by atoms with E-state index in [9.17, 15) is 9.59 Å². The second-order valence-electron chi connectivity index (χ2n) is 9.36. The maximum Gasteiger partial charge on any atom is 0.310 e. The number of hydrogen-bond acceptors (Lipinski definition) is 4. The monoisotopic (exact) mass is 493 g/mol. The second-order valence-corrected chi connectivity index (χ2v) is 9.36. The number of esters is 1. The fourth-order valence-electron chi connectivity index (χ4n) is 3.64. The minimum atomic E-state index is -0.415. The lowest BCUT2D eigenvalue weighted by atomic mass is 9.99. The van der Waals surface area contributed by atoms with Crippen LogP contribution in [0.3, 0.4) is 0 Å². The molecule has 0 saturated carbocycles. The summed E-state index contributed by atoms with van der Waals surface area (Å²) in [5.74, 6) is 0.709. The van der Waals surface area contributed by atoms with E-state index in [1.54, 1.807) is 31.2 Å². The number of nitrogens with zero attached hydrogens (tertiary/aromatic N) is 5. The first kappa shape index (κ1) is 28.6. The molecule has 8 heteroatoms. The molecule has 0 fully saturated rings. The SMILES string of the molecule is CCC(=O)Oc1cccc(N(C(N=C(N(C)C)N(C)C)=NC(C)C)C(C)C)c1C(=O)c1ccccc1. The molecule has 194 valence electrons. The van der Waals surface area contributed by atoms with Crippen LogP contribution in [0, 0.1) is 0 Å². The van der Waals surface area contributed by atoms with Gasteiger partial charge in [0, 0.05) is 52.3 Å². The molecule has 0 aliphatic heterocycles. The van der Waals surface area contributed by atoms with Crippen LogP contribution in [-0.2, 0) is 4.79 Å². The van der Waals surface area contributed by atoms with Gasteiger partial charge in [0.15, 0.2) is 5.78 Å². The van der Waals surface area contributed by atoms with Crippen molar-refractivity contribution >= 4 is 29.4 Å². The molecule has 0 amide bonds. The first-order valence-electron chi connectivity index (χ1n) is 12.2. The molecule has 0 unspecified atom stereocenters. The Bertz CT molecular complexity index is 1100. The fraction of sp³-hybridized carbons (Fsp3) is 0.429. The molecule has 0 saturated heterocycles. The first-order valence-corrected chi connectivity index (χ1v) is 12.2. The molecule has 0 atom stereocenters. The predicted octanol–water partition coefficient (Wildman–Crippen LogP) is 4.69. The zero-order valence-electron chi connectivity index (χ0n) is 22.9. The zero-order valence-corrected chi connectivity index (χ0v) is 22.9. The molecule has 2 aromatic carbocycles. The largest absolute Gasteiger partial charge is 0.426 e. The van der Waals surface area contributed by atoms with Crippen molar-refractivity contribution in [1.29, 1.82) is 0 Å². The summed E-state index contributed by atoms with van der Waals surface area (Å²) in [6.45, 7) is 9.70. The van der Waals surface area contributed by atoms with E-state index in [2.05, 4.69) is 0 Å². The van der Waals surface area contributed by atoms with Crippen molar-refractivity contribution in [3.8, 4) is 5.75 Å². The van der Waals surface area contributed by atoms with E-state index in [0.717, 1.165) is 0 Å². The third-order valence-electron chi connectivity index (χ3n) is 5.14.